The fourth-order valence-corrected chi connectivity index (χ4v) is 5.13. The molecule has 0 aromatic heterocycles. The molecule has 4 rings (SSSR count). The first-order valence-corrected chi connectivity index (χ1v) is 12.0. The maximum Gasteiger partial charge on any atom is 0.407 e. The third-order valence-electron chi connectivity index (χ3n) is 7.15. The Balaban J connectivity index is 1.35. The number of piperidine rings is 1. The Morgan fingerprint density at radius 3 is 2.26 bits per heavy atom. The number of fused-ring (bicyclic) bond motifs is 3. The Morgan fingerprint density at radius 2 is 1.65 bits per heavy atom. The van der Waals surface area contributed by atoms with Crippen molar-refractivity contribution in [2.45, 2.75) is 57.5 Å². The van der Waals surface area contributed by atoms with Crippen LogP contribution in [0.3, 0.4) is 0 Å². The molecule has 7 nitrogen and oxygen atoms in total. The number of likely N-dealkylation sites (tertiary alicyclic amines) is 1. The minimum absolute atomic E-state index is 0.0300. The highest BCUT2D eigenvalue weighted by molar-refractivity contribution is 5.81. The van der Waals surface area contributed by atoms with Gasteiger partial charge in [-0.3, -0.25) is 9.59 Å². The number of nitrogens with one attached hydrogen (secondary N) is 1. The van der Waals surface area contributed by atoms with Gasteiger partial charge in [-0.05, 0) is 48.4 Å². The Labute approximate surface area is 200 Å². The molecule has 2 amide bonds. The number of nitrogens with zero attached hydrogens (tertiary/aromatic N) is 1. The van der Waals surface area contributed by atoms with Gasteiger partial charge < -0.3 is 20.1 Å². The summed E-state index contributed by atoms with van der Waals surface area (Å²) in [6.07, 6.45) is 1.87. The van der Waals surface area contributed by atoms with Crippen LogP contribution in [0.5, 0.6) is 0 Å². The molecule has 0 spiro atoms. The minimum atomic E-state index is -0.901. The van der Waals surface area contributed by atoms with Gasteiger partial charge in [0.05, 0.1) is 12.3 Å². The van der Waals surface area contributed by atoms with Gasteiger partial charge in [-0.15, -0.1) is 0 Å². The van der Waals surface area contributed by atoms with Crippen molar-refractivity contribution >= 4 is 18.0 Å². The van der Waals surface area contributed by atoms with Crippen molar-refractivity contribution in [1.29, 1.82) is 0 Å². The number of benzene rings is 2. The van der Waals surface area contributed by atoms with E-state index in [1.165, 1.54) is 0 Å². The van der Waals surface area contributed by atoms with Crippen LogP contribution in [0.25, 0.3) is 11.1 Å². The van der Waals surface area contributed by atoms with Gasteiger partial charge in [0.25, 0.3) is 0 Å². The molecule has 1 aliphatic heterocycles. The summed E-state index contributed by atoms with van der Waals surface area (Å²) in [6, 6.07) is 15.6. The maximum atomic E-state index is 13.1. The lowest BCUT2D eigenvalue weighted by Gasteiger charge is -2.37. The van der Waals surface area contributed by atoms with Crippen LogP contribution >= 0.6 is 0 Å². The lowest BCUT2D eigenvalue weighted by molar-refractivity contribution is -0.144. The minimum Gasteiger partial charge on any atom is -0.481 e. The molecule has 2 aromatic carbocycles. The number of carboxylic acid groups (broad SMARTS) is 1. The summed E-state index contributed by atoms with van der Waals surface area (Å²) < 4.78 is 5.61. The normalized spacial score (nSPS) is 19.0. The highest BCUT2D eigenvalue weighted by Crippen LogP contribution is 2.44. The van der Waals surface area contributed by atoms with Crippen molar-refractivity contribution in [3.05, 3.63) is 59.7 Å². The lowest BCUT2D eigenvalue weighted by Crippen LogP contribution is -2.51. The molecule has 2 aliphatic rings. The van der Waals surface area contributed by atoms with Crippen LogP contribution in [0.1, 0.15) is 56.6 Å². The van der Waals surface area contributed by atoms with Crippen LogP contribution < -0.4 is 5.32 Å². The van der Waals surface area contributed by atoms with E-state index in [0.29, 0.717) is 13.0 Å². The second-order valence-corrected chi connectivity index (χ2v) is 9.33. The van der Waals surface area contributed by atoms with Gasteiger partial charge >= 0.3 is 12.1 Å². The molecule has 1 heterocycles. The fourth-order valence-electron chi connectivity index (χ4n) is 5.13. The van der Waals surface area contributed by atoms with Crippen LogP contribution in [0.4, 0.5) is 4.79 Å². The molecule has 180 valence electrons. The van der Waals surface area contributed by atoms with E-state index in [1.54, 1.807) is 18.7 Å². The van der Waals surface area contributed by atoms with Crippen LogP contribution in [0, 0.1) is 5.92 Å². The molecular formula is C27H32N2O5. The van der Waals surface area contributed by atoms with Gasteiger partial charge in [-0.25, -0.2) is 4.79 Å². The standard InChI is InChI=1S/C27H32N2O5/c1-17(26(32)29-14-8-7-9-19(29)15-25(30)31)18(2)28-27(33)34-16-24-22-12-5-3-10-20(22)21-11-4-6-13-23(21)24/h3-6,10-13,17-19,24H,7-9,14-16H2,1-2H3,(H,28,33)(H,30,31)/t17?,18?,19-/m1/s1. The zero-order chi connectivity index (χ0) is 24.2. The van der Waals surface area contributed by atoms with E-state index >= 15 is 0 Å². The number of hydrogen-bond donors (Lipinski definition) is 2. The van der Waals surface area contributed by atoms with E-state index in [2.05, 4.69) is 29.6 Å². The molecule has 1 fully saturated rings. The quantitative estimate of drug-likeness (QED) is 0.633. The number of amides is 2. The Morgan fingerprint density at radius 1 is 1.03 bits per heavy atom. The predicted molar refractivity (Wildman–Crippen MR) is 128 cm³/mol. The average molecular weight is 465 g/mol. The van der Waals surface area contributed by atoms with Crippen molar-refractivity contribution in [1.82, 2.24) is 10.2 Å². The second kappa shape index (κ2) is 10.3. The highest BCUT2D eigenvalue weighted by atomic mass is 16.5. The zero-order valence-corrected chi connectivity index (χ0v) is 19.7. The summed E-state index contributed by atoms with van der Waals surface area (Å²) in [6.45, 7) is 4.31. The van der Waals surface area contributed by atoms with E-state index in [9.17, 15) is 19.5 Å². The first-order valence-electron chi connectivity index (χ1n) is 12.0. The van der Waals surface area contributed by atoms with Crippen LogP contribution in [0.15, 0.2) is 48.5 Å². The summed E-state index contributed by atoms with van der Waals surface area (Å²) in [5.74, 6) is -1.55. The molecular weight excluding hydrogens is 432 g/mol. The second-order valence-electron chi connectivity index (χ2n) is 9.33. The van der Waals surface area contributed by atoms with Gasteiger partial charge in [0, 0.05) is 24.5 Å². The molecule has 3 atom stereocenters. The van der Waals surface area contributed by atoms with Crippen LogP contribution in [-0.2, 0) is 14.3 Å². The van der Waals surface area contributed by atoms with Crippen molar-refractivity contribution in [3.8, 4) is 11.1 Å². The molecule has 1 aliphatic carbocycles. The summed E-state index contributed by atoms with van der Waals surface area (Å²) in [5, 5.41) is 12.0. The molecule has 2 unspecified atom stereocenters. The molecule has 0 bridgehead atoms. The lowest BCUT2D eigenvalue weighted by atomic mass is 9.95. The highest BCUT2D eigenvalue weighted by Gasteiger charge is 2.34. The first kappa shape index (κ1) is 23.8. The van der Waals surface area contributed by atoms with E-state index < -0.39 is 24.0 Å². The molecule has 7 heteroatoms. The van der Waals surface area contributed by atoms with Crippen molar-refractivity contribution in [3.63, 3.8) is 0 Å². The number of carbonyl (C=O) groups excluding carboxylic acids is 2. The van der Waals surface area contributed by atoms with Gasteiger partial charge in [-0.2, -0.15) is 0 Å². The number of carboxylic acids is 1. The third-order valence-corrected chi connectivity index (χ3v) is 7.15. The van der Waals surface area contributed by atoms with Crippen LogP contribution in [0.2, 0.25) is 0 Å². The summed E-state index contributed by atoms with van der Waals surface area (Å²) in [7, 11) is 0. The van der Waals surface area contributed by atoms with E-state index in [0.717, 1.165) is 35.1 Å². The van der Waals surface area contributed by atoms with Crippen molar-refractivity contribution < 1.29 is 24.2 Å². The fraction of sp³-hybridized carbons (Fsp3) is 0.444. The molecule has 34 heavy (non-hydrogen) atoms. The summed E-state index contributed by atoms with van der Waals surface area (Å²) in [5.41, 5.74) is 4.61. The smallest absolute Gasteiger partial charge is 0.407 e. The van der Waals surface area contributed by atoms with E-state index in [4.69, 9.17) is 4.74 Å². The number of hydrogen-bond acceptors (Lipinski definition) is 4. The van der Waals surface area contributed by atoms with Gasteiger partial charge in [-0.1, -0.05) is 55.5 Å². The molecule has 2 aromatic rings. The van der Waals surface area contributed by atoms with Gasteiger partial charge in [0.15, 0.2) is 0 Å². The Bertz CT molecular complexity index is 1020. The monoisotopic (exact) mass is 464 g/mol. The number of alkyl carbamates (subject to hydrolysis) is 1. The molecule has 1 saturated heterocycles. The van der Waals surface area contributed by atoms with Gasteiger partial charge in [0.2, 0.25) is 5.91 Å². The Kier molecular flexibility index (Phi) is 7.20. The molecule has 0 radical (unpaired) electrons. The SMILES string of the molecule is CC(NC(=O)OCC1c2ccccc2-c2ccccc21)C(C)C(=O)N1CCCC[C@@H]1CC(=O)O. The largest absolute Gasteiger partial charge is 0.481 e. The molecule has 2 N–H and O–H groups in total. The average Bonchev–Trinajstić information content (AvgIpc) is 3.15. The van der Waals surface area contributed by atoms with Crippen molar-refractivity contribution in [2.75, 3.05) is 13.2 Å². The van der Waals surface area contributed by atoms with E-state index in [1.807, 2.05) is 24.3 Å². The molecule has 0 saturated carbocycles. The van der Waals surface area contributed by atoms with Gasteiger partial charge in [0.1, 0.15) is 6.61 Å². The summed E-state index contributed by atoms with van der Waals surface area (Å²) in [4.78, 5) is 38.6. The topological polar surface area (TPSA) is 95.9 Å². The number of rotatable bonds is 7. The number of aliphatic carboxylic acids is 1. The summed E-state index contributed by atoms with van der Waals surface area (Å²) >= 11 is 0. The van der Waals surface area contributed by atoms with Crippen LogP contribution in [-0.4, -0.2) is 53.2 Å². The number of ether oxygens (including phenoxy) is 1. The van der Waals surface area contributed by atoms with E-state index in [-0.39, 0.29) is 30.9 Å². The zero-order valence-electron chi connectivity index (χ0n) is 19.7. The Hall–Kier alpha value is -3.35. The van der Waals surface area contributed by atoms with Crippen molar-refractivity contribution in [2.24, 2.45) is 5.92 Å². The third kappa shape index (κ3) is 4.93. The predicted octanol–water partition coefficient (Wildman–Crippen LogP) is 4.41. The first-order chi connectivity index (χ1) is 16.4. The maximum absolute atomic E-state index is 13.1. The number of carbonyl (C=O) groups is 3.